The van der Waals surface area contributed by atoms with Gasteiger partial charge in [-0.2, -0.15) is 0 Å². The lowest BCUT2D eigenvalue weighted by Crippen LogP contribution is -2.40. The van der Waals surface area contributed by atoms with Gasteiger partial charge in [0, 0.05) is 25.6 Å². The predicted molar refractivity (Wildman–Crippen MR) is 60.6 cm³/mol. The van der Waals surface area contributed by atoms with Crippen LogP contribution in [0.1, 0.15) is 39.0 Å². The minimum absolute atomic E-state index is 0.369. The van der Waals surface area contributed by atoms with Crippen LogP contribution >= 0.6 is 0 Å². The Balaban J connectivity index is 1.86. The first kappa shape index (κ1) is 10.9. The lowest BCUT2D eigenvalue weighted by Gasteiger charge is -2.24. The second-order valence-electron chi connectivity index (χ2n) is 5.07. The number of nitrogens with one attached hydrogen (secondary N) is 1. The van der Waals surface area contributed by atoms with E-state index in [0.717, 1.165) is 38.4 Å². The van der Waals surface area contributed by atoms with Gasteiger partial charge in [0.05, 0.1) is 0 Å². The third-order valence-electron chi connectivity index (χ3n) is 3.70. The Hall–Kier alpha value is -0.570. The van der Waals surface area contributed by atoms with Crippen molar-refractivity contribution >= 4 is 5.91 Å². The monoisotopic (exact) mass is 210 g/mol. The Labute approximate surface area is 92.2 Å². The van der Waals surface area contributed by atoms with Gasteiger partial charge in [-0.25, -0.2) is 0 Å². The summed E-state index contributed by atoms with van der Waals surface area (Å²) in [5.74, 6) is 1.09. The van der Waals surface area contributed by atoms with E-state index in [1.165, 1.54) is 19.3 Å². The van der Waals surface area contributed by atoms with Crippen molar-refractivity contribution in [2.24, 2.45) is 5.92 Å². The number of carbonyl (C=O) groups is 1. The fourth-order valence-corrected chi connectivity index (χ4v) is 2.54. The van der Waals surface area contributed by atoms with Gasteiger partial charge in [-0.3, -0.25) is 4.79 Å². The summed E-state index contributed by atoms with van der Waals surface area (Å²) in [6, 6.07) is 0.558. The predicted octanol–water partition coefficient (Wildman–Crippen LogP) is 1.39. The summed E-state index contributed by atoms with van der Waals surface area (Å²) in [6.07, 6.45) is 5.52. The van der Waals surface area contributed by atoms with Crippen molar-refractivity contribution in [3.63, 3.8) is 0 Å². The highest BCUT2D eigenvalue weighted by Gasteiger charge is 2.24. The van der Waals surface area contributed by atoms with E-state index < -0.39 is 0 Å². The Morgan fingerprint density at radius 3 is 3.00 bits per heavy atom. The van der Waals surface area contributed by atoms with Crippen LogP contribution in [0, 0.1) is 5.92 Å². The number of amides is 1. The van der Waals surface area contributed by atoms with Crippen LogP contribution in [0.25, 0.3) is 0 Å². The van der Waals surface area contributed by atoms with E-state index >= 15 is 0 Å². The van der Waals surface area contributed by atoms with Crippen molar-refractivity contribution in [3.8, 4) is 0 Å². The van der Waals surface area contributed by atoms with Gasteiger partial charge in [0.2, 0.25) is 5.91 Å². The quantitative estimate of drug-likeness (QED) is 0.747. The molecule has 2 aliphatic rings. The number of carbonyl (C=O) groups excluding carboxylic acids is 1. The zero-order valence-electron chi connectivity index (χ0n) is 9.67. The molecule has 1 unspecified atom stereocenters. The topological polar surface area (TPSA) is 32.3 Å². The molecule has 3 heteroatoms. The molecule has 0 saturated carbocycles. The first-order valence-electron chi connectivity index (χ1n) is 6.27. The Bertz CT molecular complexity index is 224. The number of nitrogens with zero attached hydrogens (tertiary/aromatic N) is 1. The normalized spacial score (nSPS) is 33.1. The fourth-order valence-electron chi connectivity index (χ4n) is 2.54. The zero-order valence-corrected chi connectivity index (χ0v) is 9.67. The van der Waals surface area contributed by atoms with E-state index in [1.54, 1.807) is 0 Å². The Morgan fingerprint density at radius 1 is 1.40 bits per heavy atom. The molecule has 3 nitrogen and oxygen atoms in total. The fraction of sp³-hybridized carbons (Fsp3) is 0.917. The average molecular weight is 210 g/mol. The van der Waals surface area contributed by atoms with E-state index in [1.807, 2.05) is 0 Å². The van der Waals surface area contributed by atoms with Crippen molar-refractivity contribution in [2.45, 2.75) is 45.1 Å². The summed E-state index contributed by atoms with van der Waals surface area (Å²) < 4.78 is 0. The molecule has 15 heavy (non-hydrogen) atoms. The van der Waals surface area contributed by atoms with Crippen LogP contribution in [0.3, 0.4) is 0 Å². The van der Waals surface area contributed by atoms with Gasteiger partial charge in [-0.1, -0.05) is 6.92 Å². The molecule has 0 bridgehead atoms. The van der Waals surface area contributed by atoms with Crippen molar-refractivity contribution in [3.05, 3.63) is 0 Å². The van der Waals surface area contributed by atoms with Gasteiger partial charge in [0.25, 0.3) is 0 Å². The van der Waals surface area contributed by atoms with Crippen molar-refractivity contribution in [1.29, 1.82) is 0 Å². The summed E-state index contributed by atoms with van der Waals surface area (Å²) in [5.41, 5.74) is 0. The Morgan fingerprint density at radius 2 is 2.27 bits per heavy atom. The number of hydrogen-bond donors (Lipinski definition) is 1. The minimum atomic E-state index is 0.369. The van der Waals surface area contributed by atoms with Crippen LogP contribution in [0.2, 0.25) is 0 Å². The SMILES string of the molecule is CC1CCC(=O)N(C[C@H]2CCCN2)CC1. The van der Waals surface area contributed by atoms with E-state index in [-0.39, 0.29) is 0 Å². The van der Waals surface area contributed by atoms with Gasteiger partial charge in [0.15, 0.2) is 0 Å². The van der Waals surface area contributed by atoms with Gasteiger partial charge in [-0.05, 0) is 38.1 Å². The molecule has 1 N–H and O–H groups in total. The molecule has 2 rings (SSSR count). The van der Waals surface area contributed by atoms with Crippen molar-refractivity contribution in [1.82, 2.24) is 10.2 Å². The molecule has 1 amide bonds. The number of hydrogen-bond acceptors (Lipinski definition) is 2. The standard InChI is InChI=1S/C12H22N2O/c1-10-4-5-12(15)14(8-6-10)9-11-3-2-7-13-11/h10-11,13H,2-9H2,1H3/t10?,11-/m1/s1. The van der Waals surface area contributed by atoms with Crippen LogP contribution in [0.15, 0.2) is 0 Å². The highest BCUT2D eigenvalue weighted by molar-refractivity contribution is 5.76. The van der Waals surface area contributed by atoms with E-state index in [9.17, 15) is 4.79 Å². The molecular weight excluding hydrogens is 188 g/mol. The van der Waals surface area contributed by atoms with E-state index in [0.29, 0.717) is 11.9 Å². The van der Waals surface area contributed by atoms with E-state index in [4.69, 9.17) is 0 Å². The molecule has 0 radical (unpaired) electrons. The number of likely N-dealkylation sites (tertiary alicyclic amines) is 1. The maximum absolute atomic E-state index is 11.8. The summed E-state index contributed by atoms with van der Waals surface area (Å²) in [4.78, 5) is 13.9. The molecule has 0 aromatic carbocycles. The van der Waals surface area contributed by atoms with Gasteiger partial charge < -0.3 is 10.2 Å². The zero-order chi connectivity index (χ0) is 10.7. The summed E-state index contributed by atoms with van der Waals surface area (Å²) >= 11 is 0. The molecule has 2 fully saturated rings. The molecular formula is C12H22N2O. The maximum atomic E-state index is 11.8. The minimum Gasteiger partial charge on any atom is -0.341 e. The molecule has 0 aromatic rings. The largest absolute Gasteiger partial charge is 0.341 e. The van der Waals surface area contributed by atoms with E-state index in [2.05, 4.69) is 17.1 Å². The highest BCUT2D eigenvalue weighted by atomic mass is 16.2. The third kappa shape index (κ3) is 2.94. The third-order valence-corrected chi connectivity index (χ3v) is 3.70. The first-order valence-corrected chi connectivity index (χ1v) is 6.27. The molecule has 0 aromatic heterocycles. The van der Waals surface area contributed by atoms with Gasteiger partial charge in [-0.15, -0.1) is 0 Å². The molecule has 86 valence electrons. The first-order chi connectivity index (χ1) is 7.25. The van der Waals surface area contributed by atoms with Crippen LogP contribution in [-0.4, -0.2) is 36.5 Å². The molecule has 2 aliphatic heterocycles. The Kier molecular flexibility index (Phi) is 3.62. The lowest BCUT2D eigenvalue weighted by atomic mass is 10.0. The van der Waals surface area contributed by atoms with Crippen molar-refractivity contribution in [2.75, 3.05) is 19.6 Å². The molecule has 2 saturated heterocycles. The summed E-state index contributed by atoms with van der Waals surface area (Å²) in [6.45, 7) is 5.29. The number of rotatable bonds is 2. The van der Waals surface area contributed by atoms with Gasteiger partial charge >= 0.3 is 0 Å². The second kappa shape index (κ2) is 4.97. The average Bonchev–Trinajstić information content (AvgIpc) is 2.67. The van der Waals surface area contributed by atoms with Crippen LogP contribution in [0.5, 0.6) is 0 Å². The summed E-state index contributed by atoms with van der Waals surface area (Å²) in [7, 11) is 0. The molecule has 2 atom stereocenters. The highest BCUT2D eigenvalue weighted by Crippen LogP contribution is 2.18. The molecule has 0 aliphatic carbocycles. The van der Waals surface area contributed by atoms with Crippen molar-refractivity contribution < 1.29 is 4.79 Å². The van der Waals surface area contributed by atoms with Crippen LogP contribution in [-0.2, 0) is 4.79 Å². The second-order valence-corrected chi connectivity index (χ2v) is 5.07. The maximum Gasteiger partial charge on any atom is 0.222 e. The summed E-state index contributed by atoms with van der Waals surface area (Å²) in [5, 5.41) is 3.46. The molecule has 0 spiro atoms. The van der Waals surface area contributed by atoms with Crippen LogP contribution in [0.4, 0.5) is 0 Å². The van der Waals surface area contributed by atoms with Gasteiger partial charge in [0.1, 0.15) is 0 Å². The molecule has 2 heterocycles. The van der Waals surface area contributed by atoms with Crippen LogP contribution < -0.4 is 5.32 Å². The lowest BCUT2D eigenvalue weighted by molar-refractivity contribution is -0.131. The smallest absolute Gasteiger partial charge is 0.222 e.